The third-order valence-corrected chi connectivity index (χ3v) is 8.92. The first-order chi connectivity index (χ1) is 13.1. The molecular formula is C22H24BrClNO2P. The Kier molecular flexibility index (Phi) is 6.14. The zero-order valence-electron chi connectivity index (χ0n) is 16.7. The van der Waals surface area contributed by atoms with Gasteiger partial charge in [0.05, 0.1) is 5.69 Å². The van der Waals surface area contributed by atoms with Crippen molar-refractivity contribution in [2.75, 3.05) is 0 Å². The lowest BCUT2D eigenvalue weighted by atomic mass is 10.2. The highest BCUT2D eigenvalue weighted by molar-refractivity contribution is 9.10. The van der Waals surface area contributed by atoms with E-state index in [0.29, 0.717) is 5.02 Å². The molecule has 0 radical (unpaired) electrons. The molecule has 0 saturated heterocycles. The van der Waals surface area contributed by atoms with E-state index in [0.717, 1.165) is 32.7 Å². The third kappa shape index (κ3) is 4.40. The van der Waals surface area contributed by atoms with Crippen LogP contribution >= 0.6 is 34.8 Å². The van der Waals surface area contributed by atoms with Crippen LogP contribution in [0.1, 0.15) is 32.1 Å². The van der Waals surface area contributed by atoms with E-state index in [1.165, 1.54) is 0 Å². The largest absolute Gasteiger partial charge is 0.457 e. The van der Waals surface area contributed by atoms with Crippen LogP contribution in [0.15, 0.2) is 68.2 Å². The number of hydrogen-bond acceptors (Lipinski definition) is 3. The Hall–Kier alpha value is -1.48. The van der Waals surface area contributed by atoms with Crippen molar-refractivity contribution >= 4 is 46.0 Å². The molecule has 3 rings (SSSR count). The Labute approximate surface area is 180 Å². The molecule has 0 aliphatic heterocycles. The summed E-state index contributed by atoms with van der Waals surface area (Å²) in [5, 5.41) is 0.378. The van der Waals surface area contributed by atoms with Gasteiger partial charge in [0.1, 0.15) is 11.5 Å². The maximum Gasteiger partial charge on any atom is 0.207 e. The summed E-state index contributed by atoms with van der Waals surface area (Å²) in [6.07, 6.45) is 0. The monoisotopic (exact) mass is 479 g/mol. The summed E-state index contributed by atoms with van der Waals surface area (Å²) in [6.45, 7) is 10.3. The highest BCUT2D eigenvalue weighted by atomic mass is 79.9. The van der Waals surface area contributed by atoms with E-state index in [1.54, 1.807) is 0 Å². The standard InChI is InChI=1S/C22H24BrClNO2P/c1-15-9-11-18(14-20(15)24)25-28(22(3,4)5,21-12-10-16(2)26-21)27-19-8-6-7-17(23)13-19/h6-14H,1-5H3/t28-/m1/s1. The minimum atomic E-state index is -2.63. The van der Waals surface area contributed by atoms with E-state index < -0.39 is 7.28 Å². The van der Waals surface area contributed by atoms with Crippen molar-refractivity contribution in [2.24, 2.45) is 4.74 Å². The van der Waals surface area contributed by atoms with Crippen molar-refractivity contribution < 1.29 is 8.94 Å². The highest BCUT2D eigenvalue weighted by Crippen LogP contribution is 2.62. The van der Waals surface area contributed by atoms with Gasteiger partial charge in [-0.25, -0.2) is 4.74 Å². The van der Waals surface area contributed by atoms with Crippen molar-refractivity contribution in [3.05, 3.63) is 75.4 Å². The molecule has 28 heavy (non-hydrogen) atoms. The molecule has 1 atom stereocenters. The van der Waals surface area contributed by atoms with E-state index in [4.69, 9.17) is 25.3 Å². The molecule has 3 aromatic rings. The van der Waals surface area contributed by atoms with Crippen LogP contribution in [0.25, 0.3) is 0 Å². The van der Waals surface area contributed by atoms with Gasteiger partial charge in [0.25, 0.3) is 0 Å². The van der Waals surface area contributed by atoms with Gasteiger partial charge in [0, 0.05) is 14.7 Å². The van der Waals surface area contributed by atoms with Crippen molar-refractivity contribution in [1.82, 2.24) is 0 Å². The molecule has 0 saturated carbocycles. The van der Waals surface area contributed by atoms with Crippen molar-refractivity contribution in [3.63, 3.8) is 0 Å². The summed E-state index contributed by atoms with van der Waals surface area (Å²) in [5.41, 5.74) is 2.55. The fourth-order valence-electron chi connectivity index (χ4n) is 2.80. The van der Waals surface area contributed by atoms with Gasteiger partial charge in [-0.3, -0.25) is 0 Å². The number of benzene rings is 2. The van der Waals surface area contributed by atoms with Gasteiger partial charge in [-0.1, -0.05) is 60.4 Å². The summed E-state index contributed by atoms with van der Waals surface area (Å²) >= 11 is 9.90. The SMILES string of the molecule is Cc1ccc([P@@](=Nc2ccc(C)c(Cl)c2)(Oc2cccc(Br)c2)C(C)(C)C)o1. The van der Waals surface area contributed by atoms with Crippen LogP contribution in [-0.4, -0.2) is 5.16 Å². The molecule has 2 aromatic carbocycles. The zero-order valence-corrected chi connectivity index (χ0v) is 19.9. The van der Waals surface area contributed by atoms with E-state index in [1.807, 2.05) is 68.4 Å². The lowest BCUT2D eigenvalue weighted by molar-refractivity contribution is 0.527. The van der Waals surface area contributed by atoms with Gasteiger partial charge in [-0.05, 0) is 61.9 Å². The highest BCUT2D eigenvalue weighted by Gasteiger charge is 2.41. The fraction of sp³-hybridized carbons (Fsp3) is 0.273. The van der Waals surface area contributed by atoms with Gasteiger partial charge in [0.15, 0.2) is 5.50 Å². The van der Waals surface area contributed by atoms with Crippen molar-refractivity contribution in [2.45, 2.75) is 39.8 Å². The molecule has 1 heterocycles. The summed E-state index contributed by atoms with van der Waals surface area (Å²) in [5.74, 6) is 1.58. The van der Waals surface area contributed by atoms with Crippen LogP contribution in [0.3, 0.4) is 0 Å². The summed E-state index contributed by atoms with van der Waals surface area (Å²) in [4.78, 5) is 0. The maximum atomic E-state index is 6.70. The molecule has 0 aliphatic carbocycles. The first kappa shape index (κ1) is 21.2. The van der Waals surface area contributed by atoms with Gasteiger partial charge >= 0.3 is 0 Å². The minimum absolute atomic E-state index is 0.309. The Bertz CT molecular complexity index is 1050. The van der Waals surface area contributed by atoms with Gasteiger partial charge in [-0.15, -0.1) is 0 Å². The van der Waals surface area contributed by atoms with Gasteiger partial charge in [0.2, 0.25) is 7.28 Å². The summed E-state index contributed by atoms with van der Waals surface area (Å²) in [7, 11) is -2.63. The second-order valence-corrected chi connectivity index (χ2v) is 12.4. The Morgan fingerprint density at radius 1 is 1.04 bits per heavy atom. The second kappa shape index (κ2) is 8.10. The number of hydrogen-bond donors (Lipinski definition) is 0. The molecule has 0 amide bonds. The Balaban J connectivity index is 2.29. The topological polar surface area (TPSA) is 34.7 Å². The van der Waals surface area contributed by atoms with E-state index >= 15 is 0 Å². The first-order valence-corrected chi connectivity index (χ1v) is 11.8. The molecule has 148 valence electrons. The molecule has 0 N–H and O–H groups in total. The lowest BCUT2D eigenvalue weighted by Crippen LogP contribution is -2.26. The first-order valence-electron chi connectivity index (χ1n) is 9.01. The van der Waals surface area contributed by atoms with Crippen molar-refractivity contribution in [1.29, 1.82) is 0 Å². The van der Waals surface area contributed by atoms with Crippen LogP contribution in [0.2, 0.25) is 5.02 Å². The zero-order chi connectivity index (χ0) is 20.5. The smallest absolute Gasteiger partial charge is 0.207 e. The lowest BCUT2D eigenvalue weighted by Gasteiger charge is -2.35. The molecule has 0 aliphatic rings. The minimum Gasteiger partial charge on any atom is -0.457 e. The number of aryl methyl sites for hydroxylation is 2. The molecule has 0 unspecified atom stereocenters. The molecule has 0 bridgehead atoms. The Morgan fingerprint density at radius 2 is 1.79 bits per heavy atom. The molecular weight excluding hydrogens is 457 g/mol. The summed E-state index contributed by atoms with van der Waals surface area (Å²) in [6, 6.07) is 17.6. The van der Waals surface area contributed by atoms with Crippen LogP contribution in [0.4, 0.5) is 5.69 Å². The predicted molar refractivity (Wildman–Crippen MR) is 123 cm³/mol. The quantitative estimate of drug-likeness (QED) is 0.352. The molecule has 3 nitrogen and oxygen atoms in total. The maximum absolute atomic E-state index is 6.70. The van der Waals surface area contributed by atoms with E-state index in [9.17, 15) is 0 Å². The summed E-state index contributed by atoms with van der Waals surface area (Å²) < 4.78 is 18.9. The predicted octanol–water partition coefficient (Wildman–Crippen LogP) is 8.26. The Morgan fingerprint density at radius 3 is 2.36 bits per heavy atom. The van der Waals surface area contributed by atoms with Crippen molar-refractivity contribution in [3.8, 4) is 5.75 Å². The van der Waals surface area contributed by atoms with Crippen LogP contribution in [0.5, 0.6) is 5.75 Å². The average molecular weight is 481 g/mol. The normalized spacial score (nSPS) is 13.8. The molecule has 0 spiro atoms. The van der Waals surface area contributed by atoms with E-state index in [-0.39, 0.29) is 5.16 Å². The molecule has 0 fully saturated rings. The third-order valence-electron chi connectivity index (χ3n) is 4.38. The number of furan rings is 1. The fourth-order valence-corrected chi connectivity index (χ4v) is 6.23. The van der Waals surface area contributed by atoms with Gasteiger partial charge < -0.3 is 8.94 Å². The number of halogens is 2. The number of rotatable bonds is 4. The molecule has 1 aromatic heterocycles. The second-order valence-electron chi connectivity index (χ2n) is 7.71. The van der Waals surface area contributed by atoms with Crippen LogP contribution in [-0.2, 0) is 0 Å². The average Bonchev–Trinajstić information content (AvgIpc) is 3.03. The van der Waals surface area contributed by atoms with Crippen LogP contribution in [0, 0.1) is 13.8 Å². The van der Waals surface area contributed by atoms with Crippen LogP contribution < -0.4 is 10.0 Å². The number of nitrogens with zero attached hydrogens (tertiary/aromatic N) is 1. The molecule has 6 heteroatoms. The van der Waals surface area contributed by atoms with E-state index in [2.05, 4.69) is 36.7 Å². The van der Waals surface area contributed by atoms with Gasteiger partial charge in [-0.2, -0.15) is 0 Å².